The molecule has 1 saturated carbocycles. The first kappa shape index (κ1) is 28.9. The molecule has 0 aliphatic heterocycles. The van der Waals surface area contributed by atoms with Gasteiger partial charge in [-0.25, -0.2) is 0 Å². The Morgan fingerprint density at radius 1 is 0.757 bits per heavy atom. The molecular formula is C30H36Cl2O5. The van der Waals surface area contributed by atoms with E-state index in [1.807, 2.05) is 78.0 Å². The molecule has 0 bridgehead atoms. The number of allylic oxidation sites excluding steroid dienone is 2. The third-order valence-electron chi connectivity index (χ3n) is 5.53. The molecule has 5 nitrogen and oxygen atoms in total. The summed E-state index contributed by atoms with van der Waals surface area (Å²) in [6.45, 7) is 12.5. The number of hydrogen-bond acceptors (Lipinski definition) is 5. The highest BCUT2D eigenvalue weighted by atomic mass is 35.5. The molecule has 200 valence electrons. The molecular weight excluding hydrogens is 511 g/mol. The van der Waals surface area contributed by atoms with Gasteiger partial charge in [-0.1, -0.05) is 23.2 Å². The quantitative estimate of drug-likeness (QED) is 0.279. The second-order valence-electron chi connectivity index (χ2n) is 9.38. The third kappa shape index (κ3) is 7.68. The number of benzene rings is 2. The number of hydrogen-bond donors (Lipinski definition) is 0. The molecule has 1 aliphatic rings. The van der Waals surface area contributed by atoms with Crippen LogP contribution in [0.5, 0.6) is 23.0 Å². The van der Waals surface area contributed by atoms with Crippen LogP contribution >= 0.6 is 23.2 Å². The van der Waals surface area contributed by atoms with Gasteiger partial charge in [0.05, 0.1) is 35.5 Å². The number of Topliss-reactive ketones (excluding diaryl/α,β-unsaturated/α-hetero) is 1. The van der Waals surface area contributed by atoms with Crippen LogP contribution < -0.4 is 18.9 Å². The molecule has 0 aromatic heterocycles. The van der Waals surface area contributed by atoms with Crippen LogP contribution in [0.4, 0.5) is 0 Å². The summed E-state index contributed by atoms with van der Waals surface area (Å²) in [6.07, 6.45) is 5.93. The summed E-state index contributed by atoms with van der Waals surface area (Å²) >= 11 is 13.1. The number of carbonyl (C=O) groups excluding carboxylic acids is 1. The van der Waals surface area contributed by atoms with Crippen LogP contribution in [0.15, 0.2) is 35.4 Å². The molecule has 0 radical (unpaired) electrons. The highest BCUT2D eigenvalue weighted by Crippen LogP contribution is 2.40. The van der Waals surface area contributed by atoms with Crippen LogP contribution in [-0.4, -0.2) is 31.2 Å². The van der Waals surface area contributed by atoms with Crippen molar-refractivity contribution in [2.75, 3.05) is 13.2 Å². The number of ketones is 1. The fraction of sp³-hybridized carbons (Fsp3) is 0.433. The van der Waals surface area contributed by atoms with E-state index in [4.69, 9.17) is 42.1 Å². The molecule has 0 amide bonds. The van der Waals surface area contributed by atoms with Crippen molar-refractivity contribution in [2.45, 2.75) is 73.0 Å². The lowest BCUT2D eigenvalue weighted by Gasteiger charge is -2.19. The van der Waals surface area contributed by atoms with Crippen molar-refractivity contribution in [2.24, 2.45) is 0 Å². The molecule has 7 heteroatoms. The van der Waals surface area contributed by atoms with Crippen LogP contribution in [0.3, 0.4) is 0 Å². The SMILES string of the molecule is CCOc1cc(/C=C2/CCC/C(=C/c3cc(Cl)c(OC(C)C)c(OCC)c3)C2=O)cc(Cl)c1OC(C)C. The van der Waals surface area contributed by atoms with Gasteiger partial charge in [0.25, 0.3) is 0 Å². The Labute approximate surface area is 230 Å². The van der Waals surface area contributed by atoms with Gasteiger partial charge in [0.1, 0.15) is 0 Å². The van der Waals surface area contributed by atoms with Crippen molar-refractivity contribution in [3.8, 4) is 23.0 Å². The topological polar surface area (TPSA) is 54.0 Å². The van der Waals surface area contributed by atoms with Crippen LogP contribution in [0.25, 0.3) is 12.2 Å². The first-order valence-corrected chi connectivity index (χ1v) is 13.6. The molecule has 2 aromatic rings. The highest BCUT2D eigenvalue weighted by Gasteiger charge is 2.22. The predicted octanol–water partition coefficient (Wildman–Crippen LogP) is 8.59. The molecule has 3 rings (SSSR count). The van der Waals surface area contributed by atoms with Gasteiger partial charge in [0, 0.05) is 11.1 Å². The van der Waals surface area contributed by atoms with E-state index in [0.29, 0.717) is 59.1 Å². The first-order chi connectivity index (χ1) is 17.6. The summed E-state index contributed by atoms with van der Waals surface area (Å²) in [5.41, 5.74) is 3.05. The molecule has 0 N–H and O–H groups in total. The molecule has 0 unspecified atom stereocenters. The molecule has 0 saturated heterocycles. The second kappa shape index (κ2) is 13.3. The molecule has 1 aliphatic carbocycles. The van der Waals surface area contributed by atoms with Gasteiger partial charge >= 0.3 is 0 Å². The smallest absolute Gasteiger partial charge is 0.185 e. The summed E-state index contributed by atoms with van der Waals surface area (Å²) < 4.78 is 23.3. The molecule has 2 aromatic carbocycles. The molecule has 0 atom stereocenters. The number of ether oxygens (including phenoxy) is 4. The van der Waals surface area contributed by atoms with E-state index < -0.39 is 0 Å². The van der Waals surface area contributed by atoms with Crippen LogP contribution in [0.2, 0.25) is 10.0 Å². The van der Waals surface area contributed by atoms with E-state index in [-0.39, 0.29) is 18.0 Å². The standard InChI is InChI=1S/C30H36Cl2O5/c1-7-34-26-16-20(14-24(31)29(26)36-18(3)4)12-22-10-9-11-23(28(22)33)13-21-15-25(32)30(37-19(5)6)27(17-21)35-8-2/h12-19H,7-11H2,1-6H3/b22-12-,23-13-. The van der Waals surface area contributed by atoms with Crippen molar-refractivity contribution in [3.63, 3.8) is 0 Å². The van der Waals surface area contributed by atoms with Crippen LogP contribution in [0.1, 0.15) is 71.9 Å². The second-order valence-corrected chi connectivity index (χ2v) is 10.2. The Hall–Kier alpha value is -2.63. The van der Waals surface area contributed by atoms with E-state index in [1.54, 1.807) is 0 Å². The summed E-state index contributed by atoms with van der Waals surface area (Å²) in [6, 6.07) is 7.35. The van der Waals surface area contributed by atoms with Crippen molar-refractivity contribution in [3.05, 3.63) is 56.6 Å². The lowest BCUT2D eigenvalue weighted by molar-refractivity contribution is -0.112. The lowest BCUT2D eigenvalue weighted by Crippen LogP contribution is -2.12. The normalized spacial score (nSPS) is 16.1. The Balaban J connectivity index is 1.94. The zero-order valence-corrected chi connectivity index (χ0v) is 24.0. The largest absolute Gasteiger partial charge is 0.490 e. The fourth-order valence-electron chi connectivity index (χ4n) is 4.15. The number of carbonyl (C=O) groups is 1. The van der Waals surface area contributed by atoms with E-state index >= 15 is 0 Å². The molecule has 0 heterocycles. The Bertz CT molecular complexity index is 1090. The summed E-state index contributed by atoms with van der Waals surface area (Å²) in [7, 11) is 0. The van der Waals surface area contributed by atoms with Crippen LogP contribution in [0, 0.1) is 0 Å². The maximum Gasteiger partial charge on any atom is 0.185 e. The monoisotopic (exact) mass is 546 g/mol. The van der Waals surface area contributed by atoms with E-state index in [2.05, 4.69) is 0 Å². The maximum absolute atomic E-state index is 13.4. The van der Waals surface area contributed by atoms with Gasteiger partial charge in [0.2, 0.25) is 0 Å². The van der Waals surface area contributed by atoms with Gasteiger partial charge in [-0.2, -0.15) is 0 Å². The minimum Gasteiger partial charge on any atom is -0.490 e. The van der Waals surface area contributed by atoms with E-state index in [1.165, 1.54) is 0 Å². The minimum atomic E-state index is -0.0451. The lowest BCUT2D eigenvalue weighted by atomic mass is 9.87. The van der Waals surface area contributed by atoms with E-state index in [9.17, 15) is 4.79 Å². The highest BCUT2D eigenvalue weighted by molar-refractivity contribution is 6.33. The van der Waals surface area contributed by atoms with Crippen molar-refractivity contribution in [1.82, 2.24) is 0 Å². The first-order valence-electron chi connectivity index (χ1n) is 12.8. The maximum atomic E-state index is 13.4. The minimum absolute atomic E-state index is 0.0134. The zero-order chi connectivity index (χ0) is 27.1. The summed E-state index contributed by atoms with van der Waals surface area (Å²) in [5, 5.41) is 0.902. The van der Waals surface area contributed by atoms with Gasteiger partial charge in [-0.3, -0.25) is 4.79 Å². The van der Waals surface area contributed by atoms with Crippen molar-refractivity contribution < 1.29 is 23.7 Å². The van der Waals surface area contributed by atoms with Gasteiger partial charge in [-0.05, 0) is 108 Å². The van der Waals surface area contributed by atoms with E-state index in [0.717, 1.165) is 28.7 Å². The predicted molar refractivity (Wildman–Crippen MR) is 152 cm³/mol. The Morgan fingerprint density at radius 3 is 1.51 bits per heavy atom. The average molecular weight is 548 g/mol. The zero-order valence-electron chi connectivity index (χ0n) is 22.5. The fourth-order valence-corrected chi connectivity index (χ4v) is 4.68. The Morgan fingerprint density at radius 2 is 1.16 bits per heavy atom. The van der Waals surface area contributed by atoms with Gasteiger partial charge < -0.3 is 18.9 Å². The summed E-state index contributed by atoms with van der Waals surface area (Å²) in [4.78, 5) is 13.4. The van der Waals surface area contributed by atoms with Crippen LogP contribution in [-0.2, 0) is 4.79 Å². The third-order valence-corrected chi connectivity index (χ3v) is 6.09. The molecule has 1 fully saturated rings. The molecule has 0 spiro atoms. The van der Waals surface area contributed by atoms with Crippen molar-refractivity contribution >= 4 is 41.1 Å². The van der Waals surface area contributed by atoms with Gasteiger partial charge in [0.15, 0.2) is 28.8 Å². The molecule has 37 heavy (non-hydrogen) atoms. The number of rotatable bonds is 10. The Kier molecular flexibility index (Phi) is 10.4. The summed E-state index contributed by atoms with van der Waals surface area (Å²) in [5.74, 6) is 2.18. The number of halogens is 2. The van der Waals surface area contributed by atoms with Gasteiger partial charge in [-0.15, -0.1) is 0 Å². The average Bonchev–Trinajstić information content (AvgIpc) is 2.81. The van der Waals surface area contributed by atoms with Crippen molar-refractivity contribution in [1.29, 1.82) is 0 Å².